The Balaban J connectivity index is 1.29. The summed E-state index contributed by atoms with van der Waals surface area (Å²) in [7, 11) is 0. The van der Waals surface area contributed by atoms with Crippen LogP contribution in [-0.4, -0.2) is 59.3 Å². The SMILES string of the molecule is O=C(NC[C@@H]1CC[C@H](O)C1)NC1CCN(CCc2ccncc2)CC1. The summed E-state index contributed by atoms with van der Waals surface area (Å²) in [6.07, 6.45) is 9.27. The lowest BCUT2D eigenvalue weighted by molar-refractivity contribution is 0.176. The number of urea groups is 1. The van der Waals surface area contributed by atoms with Gasteiger partial charge in [0.05, 0.1) is 6.10 Å². The van der Waals surface area contributed by atoms with E-state index in [1.54, 1.807) is 0 Å². The number of aromatic nitrogens is 1. The summed E-state index contributed by atoms with van der Waals surface area (Å²) in [5.74, 6) is 0.427. The number of hydrogen-bond donors (Lipinski definition) is 3. The minimum Gasteiger partial charge on any atom is -0.393 e. The van der Waals surface area contributed by atoms with Crippen molar-refractivity contribution in [3.63, 3.8) is 0 Å². The number of nitrogens with zero attached hydrogens (tertiary/aromatic N) is 2. The Kier molecular flexibility index (Phi) is 6.64. The normalized spacial score (nSPS) is 25.0. The van der Waals surface area contributed by atoms with Crippen molar-refractivity contribution in [1.82, 2.24) is 20.5 Å². The van der Waals surface area contributed by atoms with E-state index in [-0.39, 0.29) is 18.2 Å². The first-order valence-electron chi connectivity index (χ1n) is 9.52. The van der Waals surface area contributed by atoms with Gasteiger partial charge in [-0.3, -0.25) is 4.98 Å². The summed E-state index contributed by atoms with van der Waals surface area (Å²) in [5, 5.41) is 15.6. The highest BCUT2D eigenvalue weighted by Crippen LogP contribution is 2.24. The molecule has 25 heavy (non-hydrogen) atoms. The van der Waals surface area contributed by atoms with Gasteiger partial charge in [0.25, 0.3) is 0 Å². The lowest BCUT2D eigenvalue weighted by Gasteiger charge is -2.32. The Morgan fingerprint density at radius 1 is 1.20 bits per heavy atom. The van der Waals surface area contributed by atoms with Gasteiger partial charge in [-0.1, -0.05) is 0 Å². The van der Waals surface area contributed by atoms with E-state index < -0.39 is 0 Å². The molecule has 2 heterocycles. The number of aliphatic hydroxyl groups is 1. The highest BCUT2D eigenvalue weighted by atomic mass is 16.3. The number of amides is 2. The number of likely N-dealkylation sites (tertiary alicyclic amines) is 1. The zero-order chi connectivity index (χ0) is 17.5. The average molecular weight is 346 g/mol. The van der Waals surface area contributed by atoms with Crippen LogP contribution in [0.2, 0.25) is 0 Å². The van der Waals surface area contributed by atoms with Crippen molar-refractivity contribution >= 4 is 6.03 Å². The molecule has 2 amide bonds. The fourth-order valence-electron chi connectivity index (χ4n) is 3.84. The van der Waals surface area contributed by atoms with E-state index in [9.17, 15) is 9.90 Å². The van der Waals surface area contributed by atoms with Crippen molar-refractivity contribution in [1.29, 1.82) is 0 Å². The molecular weight excluding hydrogens is 316 g/mol. The lowest BCUT2D eigenvalue weighted by atomic mass is 10.0. The van der Waals surface area contributed by atoms with Gasteiger partial charge in [-0.25, -0.2) is 4.79 Å². The third-order valence-corrected chi connectivity index (χ3v) is 5.45. The summed E-state index contributed by atoms with van der Waals surface area (Å²) in [6, 6.07) is 4.35. The lowest BCUT2D eigenvalue weighted by Crippen LogP contribution is -2.48. The van der Waals surface area contributed by atoms with Crippen molar-refractivity contribution in [3.8, 4) is 0 Å². The van der Waals surface area contributed by atoms with Crippen LogP contribution in [0, 0.1) is 5.92 Å². The molecule has 1 saturated carbocycles. The minimum atomic E-state index is -0.175. The van der Waals surface area contributed by atoms with Crippen molar-refractivity contribution in [2.45, 2.75) is 50.7 Å². The maximum absolute atomic E-state index is 12.0. The molecule has 3 N–H and O–H groups in total. The van der Waals surface area contributed by atoms with E-state index in [1.165, 1.54) is 5.56 Å². The van der Waals surface area contributed by atoms with E-state index in [4.69, 9.17) is 0 Å². The van der Waals surface area contributed by atoms with Gasteiger partial charge in [-0.15, -0.1) is 0 Å². The molecule has 0 radical (unpaired) electrons. The standard InChI is InChI=1S/C19H30N4O2/c24-18-2-1-16(13-18)14-21-19(25)22-17-6-11-23(12-7-17)10-5-15-3-8-20-9-4-15/h3-4,8-9,16-18,24H,1-2,5-7,10-14H2,(H2,21,22,25)/t16-,18+/m1/s1. The number of hydrogen-bond acceptors (Lipinski definition) is 4. The average Bonchev–Trinajstić information content (AvgIpc) is 3.06. The first kappa shape index (κ1) is 18.1. The summed E-state index contributed by atoms with van der Waals surface area (Å²) in [6.45, 7) is 3.80. The number of carbonyl (C=O) groups is 1. The molecule has 138 valence electrons. The van der Waals surface area contributed by atoms with Gasteiger partial charge in [0.2, 0.25) is 0 Å². The molecule has 1 aromatic heterocycles. The molecule has 6 heteroatoms. The summed E-state index contributed by atoms with van der Waals surface area (Å²) in [4.78, 5) is 18.6. The minimum absolute atomic E-state index is 0.0587. The van der Waals surface area contributed by atoms with Crippen LogP contribution in [0.5, 0.6) is 0 Å². The topological polar surface area (TPSA) is 77.5 Å². The molecule has 3 rings (SSSR count). The molecule has 2 fully saturated rings. The first-order chi connectivity index (χ1) is 12.2. The Labute approximate surface area is 150 Å². The maximum atomic E-state index is 12.0. The fraction of sp³-hybridized carbons (Fsp3) is 0.684. The second-order valence-corrected chi connectivity index (χ2v) is 7.41. The van der Waals surface area contributed by atoms with Crippen LogP contribution in [0.4, 0.5) is 4.79 Å². The zero-order valence-corrected chi connectivity index (χ0v) is 14.9. The van der Waals surface area contributed by atoms with Gasteiger partial charge in [-0.2, -0.15) is 0 Å². The van der Waals surface area contributed by atoms with Crippen LogP contribution in [0.15, 0.2) is 24.5 Å². The Bertz CT molecular complexity index is 531. The van der Waals surface area contributed by atoms with Gasteiger partial charge in [0.1, 0.15) is 0 Å². The number of piperidine rings is 1. The van der Waals surface area contributed by atoms with E-state index in [2.05, 4.69) is 32.7 Å². The summed E-state index contributed by atoms with van der Waals surface area (Å²) in [5.41, 5.74) is 1.33. The maximum Gasteiger partial charge on any atom is 0.315 e. The van der Waals surface area contributed by atoms with Crippen LogP contribution in [-0.2, 0) is 6.42 Å². The second kappa shape index (κ2) is 9.15. The molecule has 0 bridgehead atoms. The molecular formula is C19H30N4O2. The quantitative estimate of drug-likeness (QED) is 0.730. The molecule has 1 aliphatic heterocycles. The number of pyridine rings is 1. The van der Waals surface area contributed by atoms with Crippen LogP contribution < -0.4 is 10.6 Å². The molecule has 0 aromatic carbocycles. The smallest absolute Gasteiger partial charge is 0.315 e. The fourth-order valence-corrected chi connectivity index (χ4v) is 3.84. The van der Waals surface area contributed by atoms with Gasteiger partial charge in [0, 0.05) is 44.6 Å². The molecule has 1 aliphatic carbocycles. The predicted octanol–water partition coefficient (Wildman–Crippen LogP) is 1.55. The highest BCUT2D eigenvalue weighted by Gasteiger charge is 2.24. The number of aliphatic hydroxyl groups excluding tert-OH is 1. The molecule has 1 aromatic rings. The largest absolute Gasteiger partial charge is 0.393 e. The van der Waals surface area contributed by atoms with Crippen LogP contribution in [0.3, 0.4) is 0 Å². The highest BCUT2D eigenvalue weighted by molar-refractivity contribution is 5.74. The number of rotatable bonds is 6. The Morgan fingerprint density at radius 3 is 2.64 bits per heavy atom. The number of nitrogens with one attached hydrogen (secondary N) is 2. The second-order valence-electron chi connectivity index (χ2n) is 7.41. The van der Waals surface area contributed by atoms with E-state index in [0.29, 0.717) is 12.5 Å². The van der Waals surface area contributed by atoms with E-state index >= 15 is 0 Å². The predicted molar refractivity (Wildman–Crippen MR) is 97.3 cm³/mol. The van der Waals surface area contributed by atoms with E-state index in [1.807, 2.05) is 12.4 Å². The van der Waals surface area contributed by atoms with Crippen LogP contribution in [0.25, 0.3) is 0 Å². The monoisotopic (exact) mass is 346 g/mol. The molecule has 2 atom stereocenters. The number of carbonyl (C=O) groups excluding carboxylic acids is 1. The molecule has 0 unspecified atom stereocenters. The van der Waals surface area contributed by atoms with Gasteiger partial charge < -0.3 is 20.6 Å². The Hall–Kier alpha value is -1.66. The van der Waals surface area contributed by atoms with Gasteiger partial charge >= 0.3 is 6.03 Å². The summed E-state index contributed by atoms with van der Waals surface area (Å²) >= 11 is 0. The third-order valence-electron chi connectivity index (χ3n) is 5.45. The molecule has 2 aliphatic rings. The molecule has 0 spiro atoms. The molecule has 1 saturated heterocycles. The van der Waals surface area contributed by atoms with Crippen molar-refractivity contribution in [2.24, 2.45) is 5.92 Å². The van der Waals surface area contributed by atoms with Crippen LogP contribution >= 0.6 is 0 Å². The third kappa shape index (κ3) is 5.97. The van der Waals surface area contributed by atoms with Gasteiger partial charge in [0.15, 0.2) is 0 Å². The van der Waals surface area contributed by atoms with Gasteiger partial charge in [-0.05, 0) is 62.1 Å². The zero-order valence-electron chi connectivity index (χ0n) is 14.9. The van der Waals surface area contributed by atoms with Crippen molar-refractivity contribution in [2.75, 3.05) is 26.2 Å². The Morgan fingerprint density at radius 2 is 1.96 bits per heavy atom. The van der Waals surface area contributed by atoms with Crippen molar-refractivity contribution in [3.05, 3.63) is 30.1 Å². The van der Waals surface area contributed by atoms with E-state index in [0.717, 1.165) is 58.2 Å². The van der Waals surface area contributed by atoms with Crippen LogP contribution in [0.1, 0.15) is 37.7 Å². The molecule has 6 nitrogen and oxygen atoms in total. The first-order valence-corrected chi connectivity index (χ1v) is 9.52. The van der Waals surface area contributed by atoms with Crippen molar-refractivity contribution < 1.29 is 9.90 Å². The summed E-state index contributed by atoms with van der Waals surface area (Å²) < 4.78 is 0.